The number of hydrogen-bond acceptors (Lipinski definition) is 5. The molecule has 8 heteroatoms. The lowest BCUT2D eigenvalue weighted by atomic mass is 9.95. The van der Waals surface area contributed by atoms with Crippen LogP contribution in [0.25, 0.3) is 0 Å². The third kappa shape index (κ3) is 6.56. The maximum Gasteiger partial charge on any atom is 0.415 e. The van der Waals surface area contributed by atoms with E-state index in [0.717, 1.165) is 6.42 Å². The highest BCUT2D eigenvalue weighted by Crippen LogP contribution is 2.31. The van der Waals surface area contributed by atoms with Crippen LogP contribution in [0.4, 0.5) is 13.2 Å². The summed E-state index contributed by atoms with van der Waals surface area (Å²) in [7, 11) is 0. The van der Waals surface area contributed by atoms with E-state index in [2.05, 4.69) is 12.6 Å². The van der Waals surface area contributed by atoms with Gasteiger partial charge in [0.25, 0.3) is 0 Å². The molecule has 1 aliphatic rings. The molecule has 0 aromatic rings. The number of aliphatic hydroxyl groups excluding tert-OH is 1. The van der Waals surface area contributed by atoms with Gasteiger partial charge < -0.3 is 14.6 Å². The number of aliphatic hydroxyl groups is 1. The summed E-state index contributed by atoms with van der Waals surface area (Å²) in [5, 5.41) is 9.85. The van der Waals surface area contributed by atoms with E-state index in [-0.39, 0.29) is 17.8 Å². The summed E-state index contributed by atoms with van der Waals surface area (Å²) in [5.74, 6) is 1.13. The van der Waals surface area contributed by atoms with Crippen molar-refractivity contribution in [3.05, 3.63) is 0 Å². The summed E-state index contributed by atoms with van der Waals surface area (Å²) in [4.78, 5) is 0. The first kappa shape index (κ1) is 19.4. The van der Waals surface area contributed by atoms with Crippen LogP contribution in [0.3, 0.4) is 0 Å². The second-order valence-corrected chi connectivity index (χ2v) is 6.91. The molecule has 5 unspecified atom stereocenters. The van der Waals surface area contributed by atoms with Crippen molar-refractivity contribution in [3.63, 3.8) is 0 Å². The minimum atomic E-state index is -4.47. The van der Waals surface area contributed by atoms with E-state index in [0.29, 0.717) is 17.9 Å². The number of halogens is 3. The van der Waals surface area contributed by atoms with Crippen molar-refractivity contribution in [1.82, 2.24) is 0 Å². The SMILES string of the molecule is CC1CC(O)C(OC(CSCCCS)C(F)(F)F)OC1C. The summed E-state index contributed by atoms with van der Waals surface area (Å²) in [5.41, 5.74) is 0. The summed E-state index contributed by atoms with van der Waals surface area (Å²) >= 11 is 5.19. The van der Waals surface area contributed by atoms with E-state index < -0.39 is 24.7 Å². The molecule has 3 nitrogen and oxygen atoms in total. The van der Waals surface area contributed by atoms with Crippen LogP contribution in [0, 0.1) is 5.92 Å². The lowest BCUT2D eigenvalue weighted by Gasteiger charge is -2.38. The predicted molar refractivity (Wildman–Crippen MR) is 80.8 cm³/mol. The van der Waals surface area contributed by atoms with E-state index in [1.54, 1.807) is 6.92 Å². The predicted octanol–water partition coefficient (Wildman–Crippen LogP) is 3.12. The van der Waals surface area contributed by atoms with E-state index in [1.165, 1.54) is 11.8 Å². The molecular weight excluding hydrogens is 325 g/mol. The van der Waals surface area contributed by atoms with Gasteiger partial charge >= 0.3 is 6.18 Å². The zero-order valence-electron chi connectivity index (χ0n) is 12.2. The Morgan fingerprint density at radius 1 is 1.43 bits per heavy atom. The Hall–Kier alpha value is 0.370. The zero-order valence-corrected chi connectivity index (χ0v) is 13.9. The van der Waals surface area contributed by atoms with Gasteiger partial charge in [0.15, 0.2) is 12.4 Å². The minimum Gasteiger partial charge on any atom is -0.388 e. The molecule has 1 saturated heterocycles. The smallest absolute Gasteiger partial charge is 0.388 e. The molecule has 126 valence electrons. The second-order valence-electron chi connectivity index (χ2n) is 5.31. The van der Waals surface area contributed by atoms with Gasteiger partial charge in [0, 0.05) is 5.75 Å². The topological polar surface area (TPSA) is 38.7 Å². The Labute approximate surface area is 133 Å². The van der Waals surface area contributed by atoms with Gasteiger partial charge in [0.05, 0.1) is 6.10 Å². The van der Waals surface area contributed by atoms with Crippen molar-refractivity contribution in [1.29, 1.82) is 0 Å². The Morgan fingerprint density at radius 3 is 2.67 bits per heavy atom. The van der Waals surface area contributed by atoms with Gasteiger partial charge in [-0.2, -0.15) is 37.6 Å². The fourth-order valence-electron chi connectivity index (χ4n) is 1.97. The molecule has 0 amide bonds. The van der Waals surface area contributed by atoms with Crippen LogP contribution in [0.2, 0.25) is 0 Å². The van der Waals surface area contributed by atoms with E-state index in [1.807, 2.05) is 6.92 Å². The van der Waals surface area contributed by atoms with Crippen molar-refractivity contribution >= 4 is 24.4 Å². The first-order valence-corrected chi connectivity index (χ1v) is 8.78. The molecule has 0 aromatic carbocycles. The zero-order chi connectivity index (χ0) is 16.0. The van der Waals surface area contributed by atoms with E-state index in [9.17, 15) is 18.3 Å². The quantitative estimate of drug-likeness (QED) is 0.548. The molecule has 0 saturated carbocycles. The third-order valence-electron chi connectivity index (χ3n) is 3.46. The molecule has 1 heterocycles. The first-order chi connectivity index (χ1) is 9.75. The van der Waals surface area contributed by atoms with Crippen LogP contribution in [0.1, 0.15) is 26.7 Å². The number of hydrogen-bond donors (Lipinski definition) is 2. The number of rotatable bonds is 7. The molecule has 5 atom stereocenters. The van der Waals surface area contributed by atoms with Gasteiger partial charge in [-0.3, -0.25) is 0 Å². The Kier molecular flexibility index (Phi) is 8.19. The van der Waals surface area contributed by atoms with Crippen molar-refractivity contribution in [2.45, 2.75) is 57.5 Å². The molecule has 21 heavy (non-hydrogen) atoms. The Morgan fingerprint density at radius 2 is 2.10 bits per heavy atom. The second kappa shape index (κ2) is 8.86. The average Bonchev–Trinajstić information content (AvgIpc) is 2.37. The lowest BCUT2D eigenvalue weighted by Crippen LogP contribution is -2.48. The van der Waals surface area contributed by atoms with Crippen molar-refractivity contribution in [2.24, 2.45) is 5.92 Å². The van der Waals surface area contributed by atoms with Gasteiger partial charge in [0.1, 0.15) is 6.10 Å². The van der Waals surface area contributed by atoms with Crippen LogP contribution in [0.15, 0.2) is 0 Å². The maximum atomic E-state index is 13.0. The number of ether oxygens (including phenoxy) is 2. The maximum absolute atomic E-state index is 13.0. The molecule has 1 N–H and O–H groups in total. The number of thiol groups is 1. The van der Waals surface area contributed by atoms with Crippen molar-refractivity contribution in [3.8, 4) is 0 Å². The molecule has 1 aliphatic heterocycles. The fourth-order valence-corrected chi connectivity index (χ4v) is 3.34. The highest BCUT2D eigenvalue weighted by Gasteiger charge is 2.44. The highest BCUT2D eigenvalue weighted by atomic mass is 32.2. The standard InChI is InChI=1S/C13H23F3O3S2/c1-8-6-10(17)12(18-9(8)2)19-11(13(14,15)16)7-21-5-3-4-20/h8-12,17,20H,3-7H2,1-2H3. The minimum absolute atomic E-state index is 0.0916. The number of thioether (sulfide) groups is 1. The lowest BCUT2D eigenvalue weighted by molar-refractivity contribution is -0.308. The summed E-state index contributed by atoms with van der Waals surface area (Å²) in [6.45, 7) is 3.66. The molecular formula is C13H23F3O3S2. The molecule has 0 aromatic heterocycles. The summed E-state index contributed by atoms with van der Waals surface area (Å²) < 4.78 is 49.4. The largest absolute Gasteiger partial charge is 0.415 e. The average molecular weight is 348 g/mol. The third-order valence-corrected chi connectivity index (χ3v) is 4.89. The van der Waals surface area contributed by atoms with Gasteiger partial charge in [-0.1, -0.05) is 6.92 Å². The van der Waals surface area contributed by atoms with Crippen LogP contribution in [-0.4, -0.2) is 53.1 Å². The van der Waals surface area contributed by atoms with Crippen molar-refractivity contribution < 1.29 is 27.8 Å². The molecule has 1 fully saturated rings. The number of alkyl halides is 3. The monoisotopic (exact) mass is 348 g/mol. The van der Waals surface area contributed by atoms with Crippen molar-refractivity contribution in [2.75, 3.05) is 17.3 Å². The van der Waals surface area contributed by atoms with Gasteiger partial charge in [-0.25, -0.2) is 0 Å². The van der Waals surface area contributed by atoms with Crippen LogP contribution in [-0.2, 0) is 9.47 Å². The Bertz CT molecular complexity index is 305. The van der Waals surface area contributed by atoms with E-state index in [4.69, 9.17) is 9.47 Å². The first-order valence-electron chi connectivity index (χ1n) is 7.00. The van der Waals surface area contributed by atoms with Gasteiger partial charge in [-0.15, -0.1) is 0 Å². The summed E-state index contributed by atoms with van der Waals surface area (Å²) in [6.07, 6.45) is -7.74. The molecule has 1 rings (SSSR count). The molecule has 0 bridgehead atoms. The van der Waals surface area contributed by atoms with Crippen LogP contribution in [0.5, 0.6) is 0 Å². The highest BCUT2D eigenvalue weighted by molar-refractivity contribution is 7.99. The van der Waals surface area contributed by atoms with Gasteiger partial charge in [-0.05, 0) is 37.2 Å². The Balaban J connectivity index is 2.55. The normalized spacial score (nSPS) is 32.1. The fraction of sp³-hybridized carbons (Fsp3) is 1.00. The summed E-state index contributed by atoms with van der Waals surface area (Å²) in [6, 6.07) is 0. The van der Waals surface area contributed by atoms with E-state index >= 15 is 0 Å². The molecule has 0 aliphatic carbocycles. The van der Waals surface area contributed by atoms with Gasteiger partial charge in [0.2, 0.25) is 0 Å². The molecule has 0 spiro atoms. The molecule has 0 radical (unpaired) electrons. The van der Waals surface area contributed by atoms with Crippen LogP contribution < -0.4 is 0 Å². The van der Waals surface area contributed by atoms with Crippen LogP contribution >= 0.6 is 24.4 Å².